The average molecular weight is 505 g/mol. The fourth-order valence-corrected chi connectivity index (χ4v) is 6.24. The Kier molecular flexibility index (Phi) is 6.90. The molecule has 0 radical (unpaired) electrons. The van der Waals surface area contributed by atoms with E-state index >= 15 is 0 Å². The molecule has 2 spiro atoms. The van der Waals surface area contributed by atoms with Crippen LogP contribution in [-0.2, 0) is 28.5 Å². The van der Waals surface area contributed by atoms with Crippen molar-refractivity contribution in [2.24, 2.45) is 17.3 Å². The third-order valence-corrected chi connectivity index (χ3v) is 8.43. The van der Waals surface area contributed by atoms with Crippen LogP contribution in [0.2, 0.25) is 0 Å². The van der Waals surface area contributed by atoms with Gasteiger partial charge in [-0.3, -0.25) is 9.59 Å². The van der Waals surface area contributed by atoms with Gasteiger partial charge in [0.05, 0.1) is 0 Å². The topological polar surface area (TPSA) is 166 Å². The van der Waals surface area contributed by atoms with Gasteiger partial charge in [0, 0.05) is 25.7 Å². The Bertz CT molecular complexity index is 1090. The number of nitrogens with zero attached hydrogens (tertiary/aromatic N) is 4. The number of hydrogen-bond donors (Lipinski definition) is 0. The van der Waals surface area contributed by atoms with E-state index < -0.39 is 23.5 Å². The van der Waals surface area contributed by atoms with Crippen molar-refractivity contribution in [3.8, 4) is 24.3 Å². The first-order chi connectivity index (χ1) is 17.6. The summed E-state index contributed by atoms with van der Waals surface area (Å²) in [4.78, 5) is 24.5. The molecule has 4 rings (SSSR count). The predicted molar refractivity (Wildman–Crippen MR) is 123 cm³/mol. The molecule has 2 saturated carbocycles. The Morgan fingerprint density at radius 3 is 1.30 bits per heavy atom. The molecule has 0 N–H and O–H groups in total. The number of allylic oxidation sites excluding steroid dienone is 2. The van der Waals surface area contributed by atoms with Gasteiger partial charge < -0.3 is 18.9 Å². The van der Waals surface area contributed by atoms with Crippen molar-refractivity contribution in [1.82, 2.24) is 0 Å². The highest BCUT2D eigenvalue weighted by molar-refractivity contribution is 5.74. The van der Waals surface area contributed by atoms with Gasteiger partial charge >= 0.3 is 11.9 Å². The molecule has 0 unspecified atom stereocenters. The maximum Gasteiger partial charge on any atom is 0.316 e. The first-order valence-electron chi connectivity index (χ1n) is 12.5. The maximum absolute atomic E-state index is 12.2. The molecule has 0 aromatic carbocycles. The molecule has 37 heavy (non-hydrogen) atoms. The Morgan fingerprint density at radius 2 is 1.00 bits per heavy atom. The molecule has 2 heterocycles. The first-order valence-corrected chi connectivity index (χ1v) is 12.5. The predicted octanol–water partition coefficient (Wildman–Crippen LogP) is 4.32. The third-order valence-electron chi connectivity index (χ3n) is 8.43. The van der Waals surface area contributed by atoms with Crippen LogP contribution in [0.1, 0.15) is 78.1 Å². The van der Waals surface area contributed by atoms with E-state index in [9.17, 15) is 30.6 Å². The summed E-state index contributed by atoms with van der Waals surface area (Å²) >= 11 is 0. The summed E-state index contributed by atoms with van der Waals surface area (Å²) in [5, 5.41) is 36.8. The lowest BCUT2D eigenvalue weighted by atomic mass is 9.60. The molecule has 2 saturated heterocycles. The van der Waals surface area contributed by atoms with E-state index in [0.717, 1.165) is 25.7 Å². The monoisotopic (exact) mass is 504 g/mol. The molecule has 0 aromatic rings. The van der Waals surface area contributed by atoms with Gasteiger partial charge in [0.1, 0.15) is 48.6 Å². The highest BCUT2D eigenvalue weighted by atomic mass is 16.7. The van der Waals surface area contributed by atoms with Gasteiger partial charge in [0.25, 0.3) is 11.6 Å². The minimum absolute atomic E-state index is 0.0765. The zero-order valence-corrected chi connectivity index (χ0v) is 21.0. The Hall–Kier alpha value is -4.02. The van der Waals surface area contributed by atoms with E-state index in [1.54, 1.807) is 24.3 Å². The summed E-state index contributed by atoms with van der Waals surface area (Å²) in [5.74, 6) is -2.47. The standard InChI is InChI=1S/C27H28N4O6/c1-25(2,19-3-7-26(8-4-19)34-21(11-23(32)36-26)17(13-28)14-29)20-5-9-27(10-6-20)35-22(12-24(33)37-27)18(15-30)16-31/h19-20H,3-12H2,1-2H3. The molecule has 0 atom stereocenters. The molecule has 2 aliphatic heterocycles. The summed E-state index contributed by atoms with van der Waals surface area (Å²) in [6.07, 6.45) is 4.43. The van der Waals surface area contributed by atoms with Crippen molar-refractivity contribution in [3.63, 3.8) is 0 Å². The van der Waals surface area contributed by atoms with E-state index in [-0.39, 0.29) is 40.9 Å². The zero-order chi connectivity index (χ0) is 26.8. The van der Waals surface area contributed by atoms with Gasteiger partial charge in [0.2, 0.25) is 0 Å². The quantitative estimate of drug-likeness (QED) is 0.390. The van der Waals surface area contributed by atoms with Gasteiger partial charge in [-0.15, -0.1) is 0 Å². The average Bonchev–Trinajstić information content (AvgIpc) is 2.85. The summed E-state index contributed by atoms with van der Waals surface area (Å²) in [6, 6.07) is 7.17. The number of carbonyl (C=O) groups excluding carboxylic acids is 2. The van der Waals surface area contributed by atoms with Crippen LogP contribution in [-0.4, -0.2) is 23.5 Å². The van der Waals surface area contributed by atoms with Crippen LogP contribution >= 0.6 is 0 Å². The first kappa shape index (κ1) is 26.1. The molecule has 10 heteroatoms. The fourth-order valence-electron chi connectivity index (χ4n) is 6.24. The van der Waals surface area contributed by atoms with Crippen molar-refractivity contribution < 1.29 is 28.5 Å². The van der Waals surface area contributed by atoms with E-state index in [2.05, 4.69) is 13.8 Å². The maximum atomic E-state index is 12.2. The van der Waals surface area contributed by atoms with Gasteiger partial charge in [-0.2, -0.15) is 21.0 Å². The van der Waals surface area contributed by atoms with Crippen molar-refractivity contribution in [3.05, 3.63) is 22.7 Å². The molecular formula is C27H28N4O6. The number of nitriles is 4. The van der Waals surface area contributed by atoms with Gasteiger partial charge in [-0.05, 0) is 42.9 Å². The number of rotatable bonds is 2. The van der Waals surface area contributed by atoms with Crippen molar-refractivity contribution in [2.75, 3.05) is 0 Å². The highest BCUT2D eigenvalue weighted by Crippen LogP contribution is 2.54. The lowest BCUT2D eigenvalue weighted by molar-refractivity contribution is -0.255. The van der Waals surface area contributed by atoms with Crippen LogP contribution in [0.15, 0.2) is 22.7 Å². The molecule has 192 valence electrons. The molecule has 0 bridgehead atoms. The van der Waals surface area contributed by atoms with Crippen LogP contribution in [0.3, 0.4) is 0 Å². The van der Waals surface area contributed by atoms with Crippen molar-refractivity contribution in [1.29, 1.82) is 21.0 Å². The minimum Gasteiger partial charge on any atom is -0.454 e. The SMILES string of the molecule is CC(C)(C1CCC2(CC1)OC(=O)CC(=C(C#N)C#N)O2)C1CCC2(CC1)OC(=O)CC(=C(C#N)C#N)O2. The normalized spacial score (nSPS) is 31.4. The van der Waals surface area contributed by atoms with Crippen molar-refractivity contribution in [2.45, 2.75) is 89.6 Å². The van der Waals surface area contributed by atoms with Crippen molar-refractivity contribution >= 4 is 11.9 Å². The summed E-state index contributed by atoms with van der Waals surface area (Å²) < 4.78 is 23.1. The minimum atomic E-state index is -1.14. The highest BCUT2D eigenvalue weighted by Gasteiger charge is 2.52. The van der Waals surface area contributed by atoms with Gasteiger partial charge in [-0.1, -0.05) is 13.8 Å². The number of hydrogen-bond acceptors (Lipinski definition) is 10. The molecule has 4 aliphatic rings. The second-order valence-corrected chi connectivity index (χ2v) is 10.7. The summed E-state index contributed by atoms with van der Waals surface area (Å²) in [7, 11) is 0. The Balaban J connectivity index is 1.41. The van der Waals surface area contributed by atoms with Gasteiger partial charge in [-0.25, -0.2) is 0 Å². The molecular weight excluding hydrogens is 476 g/mol. The van der Waals surface area contributed by atoms with Crippen LogP contribution in [0.25, 0.3) is 0 Å². The van der Waals surface area contributed by atoms with Crippen LogP contribution in [0.5, 0.6) is 0 Å². The van der Waals surface area contributed by atoms with E-state index in [0.29, 0.717) is 37.5 Å². The van der Waals surface area contributed by atoms with Crippen LogP contribution < -0.4 is 0 Å². The molecule has 4 fully saturated rings. The molecule has 2 aliphatic carbocycles. The molecule has 0 amide bonds. The number of carbonyl (C=O) groups is 2. The smallest absolute Gasteiger partial charge is 0.316 e. The third kappa shape index (κ3) is 4.98. The molecule has 0 aromatic heterocycles. The largest absolute Gasteiger partial charge is 0.454 e. The second-order valence-electron chi connectivity index (χ2n) is 10.7. The van der Waals surface area contributed by atoms with Gasteiger partial charge in [0.15, 0.2) is 11.1 Å². The van der Waals surface area contributed by atoms with E-state index in [1.165, 1.54) is 0 Å². The second kappa shape index (κ2) is 9.79. The lowest BCUT2D eigenvalue weighted by Crippen LogP contribution is -2.49. The summed E-state index contributed by atoms with van der Waals surface area (Å²) in [5.41, 5.74) is -0.475. The van der Waals surface area contributed by atoms with Crippen LogP contribution in [0, 0.1) is 62.6 Å². The zero-order valence-electron chi connectivity index (χ0n) is 21.0. The van der Waals surface area contributed by atoms with E-state index in [4.69, 9.17) is 18.9 Å². The fraction of sp³-hybridized carbons (Fsp3) is 0.630. The molecule has 10 nitrogen and oxygen atoms in total. The van der Waals surface area contributed by atoms with E-state index in [1.807, 2.05) is 0 Å². The summed E-state index contributed by atoms with van der Waals surface area (Å²) in [6.45, 7) is 4.45. The Morgan fingerprint density at radius 1 is 0.676 bits per heavy atom. The van der Waals surface area contributed by atoms with Crippen LogP contribution in [0.4, 0.5) is 0 Å². The Labute approximate surface area is 215 Å². The lowest BCUT2D eigenvalue weighted by Gasteiger charge is -2.51. The number of esters is 2. The number of ether oxygens (including phenoxy) is 4.